The predicted molar refractivity (Wildman–Crippen MR) is 270 cm³/mol. The van der Waals surface area contributed by atoms with Crippen molar-refractivity contribution in [3.63, 3.8) is 0 Å². The van der Waals surface area contributed by atoms with Crippen LogP contribution < -0.4 is 30.3 Å². The average molecular weight is 990 g/mol. The Bertz CT molecular complexity index is 2750. The number of amides is 2. The quantitative estimate of drug-likeness (QED) is 0.100. The number of nitrogens with one attached hydrogen (secondary N) is 2. The van der Waals surface area contributed by atoms with E-state index in [0.29, 0.717) is 44.2 Å². The summed E-state index contributed by atoms with van der Waals surface area (Å²) in [5.41, 5.74) is 13.0. The maximum Gasteiger partial charge on any atom is 0.417 e. The number of aromatic amines is 1. The number of nitriles is 1. The van der Waals surface area contributed by atoms with Crippen molar-refractivity contribution in [3.05, 3.63) is 93.4 Å². The molecule has 4 aliphatic heterocycles. The monoisotopic (exact) mass is 990 g/mol. The summed E-state index contributed by atoms with van der Waals surface area (Å²) in [5, 5.41) is 25.0. The number of aliphatic imine (C=N–C) groups is 1. The van der Waals surface area contributed by atoms with Crippen LogP contribution in [-0.2, 0) is 30.4 Å². The Kier molecular flexibility index (Phi) is 14.7. The number of nitrogens with two attached hydrogens (primary N) is 1. The molecule has 0 bridgehead atoms. The van der Waals surface area contributed by atoms with E-state index >= 15 is 0 Å². The van der Waals surface area contributed by atoms with Gasteiger partial charge in [-0.05, 0) is 122 Å². The first-order chi connectivity index (χ1) is 34.5. The fourth-order valence-corrected chi connectivity index (χ4v) is 11.8. The van der Waals surface area contributed by atoms with E-state index in [9.17, 15) is 22.8 Å². The number of aryl methyl sites for hydroxylation is 2. The van der Waals surface area contributed by atoms with E-state index in [1.54, 1.807) is 32.3 Å². The molecule has 1 aliphatic carbocycles. The number of halogens is 3. The van der Waals surface area contributed by atoms with Crippen molar-refractivity contribution in [3.8, 4) is 11.8 Å². The minimum Gasteiger partial charge on any atom is -0.490 e. The SMILES string of the molecule is CN=C/C(=C\N)c1cc2c(cc1C)N(c1[nH][n+](C3CCN(CC4CCN(c5ccc(C(=O)NC6CCC(Oc7ccc(C#N)c(C(F)(F)F)c7)CC6)nn5)CC4(C)C)CC3)c3c1CN(C(C)=O)CC3)CCC2. The molecule has 4 aromatic rings. The second-order valence-electron chi connectivity index (χ2n) is 21.1. The van der Waals surface area contributed by atoms with Gasteiger partial charge in [-0.3, -0.25) is 14.6 Å². The first kappa shape index (κ1) is 50.5. The highest BCUT2D eigenvalue weighted by molar-refractivity contribution is 6.10. The average Bonchev–Trinajstić information content (AvgIpc) is 3.75. The highest BCUT2D eigenvalue weighted by Gasteiger charge is 2.42. The molecule has 5 aliphatic rings. The lowest BCUT2D eigenvalue weighted by Crippen LogP contribution is -2.54. The summed E-state index contributed by atoms with van der Waals surface area (Å²) in [4.78, 5) is 39.6. The zero-order chi connectivity index (χ0) is 50.9. The van der Waals surface area contributed by atoms with Gasteiger partial charge in [0.1, 0.15) is 5.75 Å². The number of hydrogen-bond donors (Lipinski definition) is 3. The molecule has 72 heavy (non-hydrogen) atoms. The van der Waals surface area contributed by atoms with Crippen LogP contribution in [0, 0.1) is 29.6 Å². The Balaban J connectivity index is 0.781. The molecule has 2 saturated heterocycles. The molecular formula is C54H68F3N12O3+. The summed E-state index contributed by atoms with van der Waals surface area (Å²) in [7, 11) is 1.76. The number of aromatic nitrogens is 4. The number of fused-ring (bicyclic) bond motifs is 2. The number of rotatable bonds is 11. The van der Waals surface area contributed by atoms with E-state index < -0.39 is 17.3 Å². The number of carbonyl (C=O) groups excluding carboxylic acids is 2. The van der Waals surface area contributed by atoms with Crippen molar-refractivity contribution < 1.29 is 32.2 Å². The summed E-state index contributed by atoms with van der Waals surface area (Å²) in [6.45, 7) is 15.4. The number of nitrogens with zero attached hydrogens (tertiary/aromatic N) is 9. The largest absolute Gasteiger partial charge is 0.490 e. The maximum absolute atomic E-state index is 13.5. The zero-order valence-electron chi connectivity index (χ0n) is 42.2. The van der Waals surface area contributed by atoms with Crippen LogP contribution in [0.3, 0.4) is 0 Å². The summed E-state index contributed by atoms with van der Waals surface area (Å²) in [6, 6.07) is 13.4. The second-order valence-corrected chi connectivity index (χ2v) is 21.1. The van der Waals surface area contributed by atoms with Crippen LogP contribution in [0.1, 0.15) is 128 Å². The highest BCUT2D eigenvalue weighted by Crippen LogP contribution is 2.41. The minimum atomic E-state index is -4.66. The van der Waals surface area contributed by atoms with Gasteiger partial charge in [-0.1, -0.05) is 13.8 Å². The maximum atomic E-state index is 13.5. The molecule has 2 aromatic carbocycles. The number of anilines is 3. The third kappa shape index (κ3) is 10.7. The number of alkyl halides is 3. The minimum absolute atomic E-state index is 0.0104. The third-order valence-corrected chi connectivity index (χ3v) is 15.9. The van der Waals surface area contributed by atoms with Gasteiger partial charge in [-0.15, -0.1) is 20.0 Å². The van der Waals surface area contributed by atoms with E-state index in [-0.39, 0.29) is 40.8 Å². The first-order valence-corrected chi connectivity index (χ1v) is 25.6. The van der Waals surface area contributed by atoms with Crippen LogP contribution >= 0.6 is 0 Å². The number of H-pyrrole nitrogens is 1. The smallest absolute Gasteiger partial charge is 0.417 e. The molecule has 2 amide bonds. The Morgan fingerprint density at radius 1 is 1.01 bits per heavy atom. The van der Waals surface area contributed by atoms with Crippen molar-refractivity contribution >= 4 is 40.9 Å². The second kappa shape index (κ2) is 20.9. The van der Waals surface area contributed by atoms with Gasteiger partial charge in [0.2, 0.25) is 11.6 Å². The number of carbonyl (C=O) groups is 2. The van der Waals surface area contributed by atoms with Crippen molar-refractivity contribution in [2.75, 3.05) is 62.7 Å². The van der Waals surface area contributed by atoms with Crippen LogP contribution in [0.15, 0.2) is 53.7 Å². The van der Waals surface area contributed by atoms with Crippen molar-refractivity contribution in [1.29, 1.82) is 5.26 Å². The third-order valence-electron chi connectivity index (χ3n) is 15.9. The van der Waals surface area contributed by atoms with E-state index in [4.69, 9.17) is 15.7 Å². The molecule has 0 radical (unpaired) electrons. The van der Waals surface area contributed by atoms with Crippen LogP contribution in [-0.4, -0.2) is 108 Å². The lowest BCUT2D eigenvalue weighted by atomic mass is 9.73. The predicted octanol–water partition coefficient (Wildman–Crippen LogP) is 7.59. The van der Waals surface area contributed by atoms with Crippen molar-refractivity contribution in [2.24, 2.45) is 22.1 Å². The fraction of sp³-hybridized carbons (Fsp3) is 0.537. The Labute approximate surface area is 420 Å². The number of ether oxygens (including phenoxy) is 1. The molecule has 1 atom stereocenters. The summed E-state index contributed by atoms with van der Waals surface area (Å²) < 4.78 is 48.7. The summed E-state index contributed by atoms with van der Waals surface area (Å²) in [6.07, 6.45) is 6.73. The normalized spacial score (nSPS) is 22.1. The van der Waals surface area contributed by atoms with Gasteiger partial charge in [0.15, 0.2) is 23.4 Å². The summed E-state index contributed by atoms with van der Waals surface area (Å²) >= 11 is 0. The van der Waals surface area contributed by atoms with Gasteiger partial charge >= 0.3 is 6.18 Å². The molecule has 1 unspecified atom stereocenters. The highest BCUT2D eigenvalue weighted by atomic mass is 19.4. The lowest BCUT2D eigenvalue weighted by molar-refractivity contribution is -0.781. The van der Waals surface area contributed by atoms with Gasteiger partial charge in [0, 0.05) is 102 Å². The number of allylic oxidation sites excluding steroid dienone is 1. The molecule has 3 fully saturated rings. The number of benzene rings is 2. The molecule has 18 heteroatoms. The van der Waals surface area contributed by atoms with E-state index in [1.165, 1.54) is 28.6 Å². The molecule has 2 aromatic heterocycles. The van der Waals surface area contributed by atoms with E-state index in [0.717, 1.165) is 125 Å². The number of likely N-dealkylation sites (tertiary alicyclic amines) is 1. The Morgan fingerprint density at radius 3 is 2.46 bits per heavy atom. The summed E-state index contributed by atoms with van der Waals surface area (Å²) in [5.74, 6) is 2.21. The van der Waals surface area contributed by atoms with Gasteiger partial charge in [-0.25, -0.2) is 0 Å². The van der Waals surface area contributed by atoms with E-state index in [2.05, 4.69) is 77.9 Å². The van der Waals surface area contributed by atoms with Gasteiger partial charge in [0.05, 0.1) is 41.8 Å². The van der Waals surface area contributed by atoms with Crippen LogP contribution in [0.2, 0.25) is 0 Å². The van der Waals surface area contributed by atoms with Crippen LogP contribution in [0.5, 0.6) is 5.75 Å². The van der Waals surface area contributed by atoms with Crippen molar-refractivity contribution in [1.82, 2.24) is 30.4 Å². The van der Waals surface area contributed by atoms with Crippen molar-refractivity contribution in [2.45, 2.75) is 123 Å². The van der Waals surface area contributed by atoms with Gasteiger partial charge in [-0.2, -0.15) is 18.4 Å². The molecule has 0 spiro atoms. The lowest BCUT2D eigenvalue weighted by Gasteiger charge is -2.46. The topological polar surface area (TPSA) is 176 Å². The first-order valence-electron chi connectivity index (χ1n) is 25.6. The molecule has 6 heterocycles. The van der Waals surface area contributed by atoms with Crippen LogP contribution in [0.4, 0.5) is 30.5 Å². The molecule has 4 N–H and O–H groups in total. The molecule has 15 nitrogen and oxygen atoms in total. The number of hydrogen-bond acceptors (Lipinski definition) is 11. The molecule has 9 rings (SSSR count). The molecule has 1 saturated carbocycles. The van der Waals surface area contributed by atoms with Gasteiger partial charge < -0.3 is 35.4 Å². The van der Waals surface area contributed by atoms with Crippen LogP contribution in [0.25, 0.3) is 5.57 Å². The standard InChI is InChI=1S/C54H67F3N12O3/c1-34-25-49-36(26-44(34)38(29-59)30-60-5)7-6-20-68(49)51-45-32-66(35(2)70)24-19-48(45)69(64-51)41-17-21-65(22-18-41)31-39-16-23-67(33-53(39,3)4)50-15-14-47(62-63-50)52(71)61-40-9-12-42(13-10-40)72-43-11-8-37(28-58)46(27-43)54(55,56)57/h8,11,14-15,25-27,29-30,39-42H,6-7,9-10,12-13,16-24,31-33H2,1-5H3,(H3,59,60,61,71)/p+1. The Morgan fingerprint density at radius 2 is 1.79 bits per heavy atom. The zero-order valence-corrected chi connectivity index (χ0v) is 42.2. The number of piperidine rings is 2. The fourth-order valence-electron chi connectivity index (χ4n) is 11.8. The Hall–Kier alpha value is -6.48. The molecular weight excluding hydrogens is 922 g/mol. The molecule has 382 valence electrons. The van der Waals surface area contributed by atoms with Gasteiger partial charge in [0.25, 0.3) is 5.91 Å². The van der Waals surface area contributed by atoms with E-state index in [1.807, 2.05) is 17.2 Å².